The molecule has 3 rings (SSSR count). The van der Waals surface area contributed by atoms with Gasteiger partial charge in [0.1, 0.15) is 6.61 Å². The van der Waals surface area contributed by atoms with Crippen molar-refractivity contribution < 1.29 is 4.74 Å². The molecule has 2 heterocycles. The molecule has 1 aromatic heterocycles. The first-order valence-corrected chi connectivity index (χ1v) is 10.6. The van der Waals surface area contributed by atoms with Gasteiger partial charge in [-0.15, -0.1) is 0 Å². The minimum atomic E-state index is 0.483. The number of guanidine groups is 1. The molecule has 1 aliphatic heterocycles. The third-order valence-corrected chi connectivity index (χ3v) is 5.18. The van der Waals surface area contributed by atoms with Gasteiger partial charge in [0.05, 0.1) is 0 Å². The average Bonchev–Trinajstić information content (AvgIpc) is 2.77. The van der Waals surface area contributed by atoms with Gasteiger partial charge < -0.3 is 20.3 Å². The van der Waals surface area contributed by atoms with Crippen LogP contribution in [0.2, 0.25) is 0 Å². The number of benzene rings is 1. The fraction of sp³-hybridized carbons (Fsp3) is 0.478. The third-order valence-electron chi connectivity index (χ3n) is 5.18. The smallest absolute Gasteiger partial charge is 0.213 e. The van der Waals surface area contributed by atoms with Crippen molar-refractivity contribution in [1.29, 1.82) is 0 Å². The Morgan fingerprint density at radius 2 is 1.97 bits per heavy atom. The maximum absolute atomic E-state index is 5.83. The van der Waals surface area contributed by atoms with Crippen LogP contribution in [-0.4, -0.2) is 48.6 Å². The zero-order valence-electron chi connectivity index (χ0n) is 17.6. The summed E-state index contributed by atoms with van der Waals surface area (Å²) >= 11 is 0. The molecule has 156 valence electrons. The molecule has 1 saturated heterocycles. The minimum absolute atomic E-state index is 0.483. The van der Waals surface area contributed by atoms with Crippen LogP contribution in [0.25, 0.3) is 0 Å². The highest BCUT2D eigenvalue weighted by Gasteiger charge is 2.19. The van der Waals surface area contributed by atoms with Gasteiger partial charge in [-0.3, -0.25) is 4.99 Å². The number of aromatic nitrogens is 1. The molecular formula is C23H33N5O. The van der Waals surface area contributed by atoms with E-state index in [1.165, 1.54) is 13.0 Å². The Hall–Kier alpha value is -2.60. The Labute approximate surface area is 174 Å². The standard InChI is InChI=1S/C23H33N5O/c1-3-13-28-14-10-21(11-15-28)27-23(24-2)26-17-20-9-12-25-22(16-20)29-18-19-7-5-4-6-8-19/h4-9,12,16,21H,3,10-11,13-15,17-18H2,1-2H3,(H2,24,26,27). The quantitative estimate of drug-likeness (QED) is 0.531. The molecule has 0 radical (unpaired) electrons. The summed E-state index contributed by atoms with van der Waals surface area (Å²) < 4.78 is 5.83. The molecule has 0 bridgehead atoms. The fourth-order valence-corrected chi connectivity index (χ4v) is 3.56. The minimum Gasteiger partial charge on any atom is -0.473 e. The van der Waals surface area contributed by atoms with Crippen LogP contribution >= 0.6 is 0 Å². The van der Waals surface area contributed by atoms with Crippen LogP contribution in [0.4, 0.5) is 0 Å². The summed E-state index contributed by atoms with van der Waals surface area (Å²) in [6.07, 6.45) is 5.34. The van der Waals surface area contributed by atoms with Gasteiger partial charge >= 0.3 is 0 Å². The zero-order chi connectivity index (χ0) is 20.3. The van der Waals surface area contributed by atoms with Gasteiger partial charge in [-0.1, -0.05) is 37.3 Å². The van der Waals surface area contributed by atoms with Crippen LogP contribution in [0, 0.1) is 0 Å². The first-order chi connectivity index (χ1) is 14.3. The van der Waals surface area contributed by atoms with E-state index in [-0.39, 0.29) is 0 Å². The van der Waals surface area contributed by atoms with Crippen molar-refractivity contribution in [3.05, 3.63) is 59.8 Å². The summed E-state index contributed by atoms with van der Waals surface area (Å²) in [5.74, 6) is 1.49. The number of hydrogen-bond donors (Lipinski definition) is 2. The SMILES string of the molecule is CCCN1CCC(NC(=NC)NCc2ccnc(OCc3ccccc3)c2)CC1. The first-order valence-electron chi connectivity index (χ1n) is 10.6. The highest BCUT2D eigenvalue weighted by atomic mass is 16.5. The molecule has 6 heteroatoms. The van der Waals surface area contributed by atoms with E-state index in [1.54, 1.807) is 6.20 Å². The number of nitrogens with zero attached hydrogens (tertiary/aromatic N) is 3. The highest BCUT2D eigenvalue weighted by Crippen LogP contribution is 2.13. The van der Waals surface area contributed by atoms with Crippen LogP contribution in [0.15, 0.2) is 53.7 Å². The number of nitrogens with one attached hydrogen (secondary N) is 2. The maximum atomic E-state index is 5.83. The summed E-state index contributed by atoms with van der Waals surface area (Å²) in [5, 5.41) is 6.98. The molecule has 1 aromatic carbocycles. The lowest BCUT2D eigenvalue weighted by Gasteiger charge is -2.32. The molecule has 0 spiro atoms. The Bertz CT molecular complexity index is 757. The van der Waals surface area contributed by atoms with Gasteiger partial charge in [0, 0.05) is 45.0 Å². The van der Waals surface area contributed by atoms with E-state index >= 15 is 0 Å². The maximum Gasteiger partial charge on any atom is 0.213 e. The molecule has 0 atom stereocenters. The lowest BCUT2D eigenvalue weighted by atomic mass is 10.1. The Morgan fingerprint density at radius 1 is 1.17 bits per heavy atom. The molecule has 29 heavy (non-hydrogen) atoms. The van der Waals surface area contributed by atoms with Crippen molar-refractivity contribution in [2.45, 2.75) is 45.4 Å². The van der Waals surface area contributed by atoms with E-state index in [9.17, 15) is 0 Å². The molecule has 0 amide bonds. The molecule has 1 aliphatic rings. The van der Waals surface area contributed by atoms with E-state index in [0.29, 0.717) is 25.1 Å². The van der Waals surface area contributed by atoms with E-state index in [4.69, 9.17) is 4.74 Å². The molecule has 0 aliphatic carbocycles. The zero-order valence-corrected chi connectivity index (χ0v) is 17.6. The van der Waals surface area contributed by atoms with Crippen molar-refractivity contribution in [3.63, 3.8) is 0 Å². The van der Waals surface area contributed by atoms with E-state index in [2.05, 4.69) is 32.4 Å². The van der Waals surface area contributed by atoms with Gasteiger partial charge in [0.25, 0.3) is 0 Å². The van der Waals surface area contributed by atoms with Crippen molar-refractivity contribution in [1.82, 2.24) is 20.5 Å². The number of hydrogen-bond acceptors (Lipinski definition) is 4. The molecule has 6 nitrogen and oxygen atoms in total. The second-order valence-electron chi connectivity index (χ2n) is 7.46. The van der Waals surface area contributed by atoms with E-state index in [1.807, 2.05) is 49.5 Å². The van der Waals surface area contributed by atoms with Crippen molar-refractivity contribution >= 4 is 5.96 Å². The second-order valence-corrected chi connectivity index (χ2v) is 7.46. The second kappa shape index (κ2) is 11.4. The fourth-order valence-electron chi connectivity index (χ4n) is 3.56. The lowest BCUT2D eigenvalue weighted by Crippen LogP contribution is -2.48. The number of rotatable bonds is 8. The molecule has 2 aromatic rings. The summed E-state index contributed by atoms with van der Waals surface area (Å²) in [5.41, 5.74) is 2.25. The van der Waals surface area contributed by atoms with Crippen LogP contribution in [0.3, 0.4) is 0 Å². The number of pyridine rings is 1. The summed E-state index contributed by atoms with van der Waals surface area (Å²) in [6, 6.07) is 14.6. The van der Waals surface area contributed by atoms with Gasteiger partial charge in [-0.2, -0.15) is 0 Å². The predicted octanol–water partition coefficient (Wildman–Crippen LogP) is 3.20. The van der Waals surface area contributed by atoms with E-state index in [0.717, 1.165) is 43.0 Å². The molecule has 2 N–H and O–H groups in total. The van der Waals surface area contributed by atoms with Gasteiger partial charge in [0.2, 0.25) is 5.88 Å². The van der Waals surface area contributed by atoms with Gasteiger partial charge in [-0.25, -0.2) is 4.98 Å². The normalized spacial score (nSPS) is 15.9. The number of piperidine rings is 1. The monoisotopic (exact) mass is 395 g/mol. The van der Waals surface area contributed by atoms with Crippen LogP contribution < -0.4 is 15.4 Å². The largest absolute Gasteiger partial charge is 0.473 e. The van der Waals surface area contributed by atoms with Gasteiger partial charge in [-0.05, 0) is 43.0 Å². The van der Waals surface area contributed by atoms with Crippen LogP contribution in [0.5, 0.6) is 5.88 Å². The number of likely N-dealkylation sites (tertiary alicyclic amines) is 1. The molecule has 0 unspecified atom stereocenters. The third kappa shape index (κ3) is 7.06. The Kier molecular flexibility index (Phi) is 8.31. The number of ether oxygens (including phenoxy) is 1. The molecule has 0 saturated carbocycles. The Balaban J connectivity index is 1.45. The predicted molar refractivity (Wildman–Crippen MR) is 118 cm³/mol. The molecule has 1 fully saturated rings. The molecular weight excluding hydrogens is 362 g/mol. The number of aliphatic imine (C=N–C) groups is 1. The average molecular weight is 396 g/mol. The van der Waals surface area contributed by atoms with E-state index < -0.39 is 0 Å². The summed E-state index contributed by atoms with van der Waals surface area (Å²) in [6.45, 7) is 6.97. The topological polar surface area (TPSA) is 61.8 Å². The summed E-state index contributed by atoms with van der Waals surface area (Å²) in [7, 11) is 1.82. The van der Waals surface area contributed by atoms with Crippen molar-refractivity contribution in [2.24, 2.45) is 4.99 Å². The highest BCUT2D eigenvalue weighted by molar-refractivity contribution is 5.79. The Morgan fingerprint density at radius 3 is 2.69 bits per heavy atom. The van der Waals surface area contributed by atoms with Crippen LogP contribution in [-0.2, 0) is 13.2 Å². The van der Waals surface area contributed by atoms with Crippen LogP contribution in [0.1, 0.15) is 37.3 Å². The first kappa shape index (κ1) is 21.1. The van der Waals surface area contributed by atoms with Crippen molar-refractivity contribution in [2.75, 3.05) is 26.7 Å². The lowest BCUT2D eigenvalue weighted by molar-refractivity contribution is 0.206. The van der Waals surface area contributed by atoms with Gasteiger partial charge in [0.15, 0.2) is 5.96 Å². The summed E-state index contributed by atoms with van der Waals surface area (Å²) in [4.78, 5) is 11.2. The van der Waals surface area contributed by atoms with Crippen molar-refractivity contribution in [3.8, 4) is 5.88 Å².